The zero-order chi connectivity index (χ0) is 45.1. The monoisotopic (exact) mass is 847 g/mol. The summed E-state index contributed by atoms with van der Waals surface area (Å²) in [6, 6.07) is 40.1. The van der Waals surface area contributed by atoms with Crippen LogP contribution in [0.2, 0.25) is 0 Å². The quantitative estimate of drug-likeness (QED) is 0.159. The predicted molar refractivity (Wildman–Crippen MR) is 265 cm³/mol. The Morgan fingerprint density at radius 2 is 1.03 bits per heavy atom. The van der Waals surface area contributed by atoms with Crippen molar-refractivity contribution in [3.63, 3.8) is 0 Å². The van der Waals surface area contributed by atoms with Crippen LogP contribution in [0.5, 0.6) is 0 Å². The lowest BCUT2D eigenvalue weighted by Crippen LogP contribution is -2.79. The summed E-state index contributed by atoms with van der Waals surface area (Å²) in [5.41, 5.74) is 11.9. The van der Waals surface area contributed by atoms with E-state index in [1.165, 1.54) is 44.5 Å². The van der Waals surface area contributed by atoms with Crippen LogP contribution in [0.4, 0.5) is 34.4 Å². The Kier molecular flexibility index (Phi) is 9.53. The number of nitrogens with zero attached hydrogens (tertiary/aromatic N) is 6. The Hall–Kier alpha value is -6.28. The maximum atomic E-state index is 10.1. The molecular weight excluding hydrogens is 785 g/mol. The van der Waals surface area contributed by atoms with Crippen molar-refractivity contribution < 1.29 is 0 Å². The number of hydrogen-bond acceptors (Lipinski definition) is 6. The minimum absolute atomic E-state index is 0.226. The molecule has 4 aliphatic heterocycles. The smallest absolute Gasteiger partial charge is 0.178 e. The summed E-state index contributed by atoms with van der Waals surface area (Å²) in [7, 11) is 0. The van der Waals surface area contributed by atoms with Crippen LogP contribution in [-0.2, 0) is 10.8 Å². The topological polar surface area (TPSA) is 86.4 Å². The van der Waals surface area contributed by atoms with Crippen LogP contribution in [0.15, 0.2) is 122 Å². The summed E-state index contributed by atoms with van der Waals surface area (Å²) in [5, 5.41) is 20.1. The minimum atomic E-state index is -0.654. The SMILES string of the molecule is CCC1(C)c2ccccc2N2C(=N)C(=N)N(c3ccccc3)C2C1(CC)C1(CC)C2N(c3cc(C)cc(C)c3)c3nccnc3N2c2cc(-c3c(C)cccc3C)ccc2C1(C)CC. The van der Waals surface area contributed by atoms with E-state index >= 15 is 0 Å². The summed E-state index contributed by atoms with van der Waals surface area (Å²) < 4.78 is 0. The fourth-order valence-electron chi connectivity index (χ4n) is 14.2. The molecule has 4 aliphatic rings. The van der Waals surface area contributed by atoms with Gasteiger partial charge in [0.1, 0.15) is 12.3 Å². The molecule has 0 aliphatic carbocycles. The van der Waals surface area contributed by atoms with E-state index in [0.29, 0.717) is 0 Å². The van der Waals surface area contributed by atoms with E-state index in [1.807, 2.05) is 18.5 Å². The summed E-state index contributed by atoms with van der Waals surface area (Å²) in [4.78, 5) is 20.3. The third kappa shape index (κ3) is 5.05. The number of hydrogen-bond donors (Lipinski definition) is 2. The van der Waals surface area contributed by atoms with Gasteiger partial charge in [0.2, 0.25) is 0 Å². The fourth-order valence-corrected chi connectivity index (χ4v) is 14.2. The molecule has 2 N–H and O–H groups in total. The van der Waals surface area contributed by atoms with Crippen LogP contribution < -0.4 is 19.6 Å². The molecule has 8 heteroatoms. The Labute approximate surface area is 380 Å². The lowest BCUT2D eigenvalue weighted by molar-refractivity contribution is -0.136. The van der Waals surface area contributed by atoms with Gasteiger partial charge in [0.25, 0.3) is 0 Å². The summed E-state index contributed by atoms with van der Waals surface area (Å²) in [6.45, 7) is 23.5. The van der Waals surface area contributed by atoms with Gasteiger partial charge < -0.3 is 19.6 Å². The number of aryl methyl sites for hydroxylation is 4. The molecule has 6 unspecified atom stereocenters. The minimum Gasteiger partial charge on any atom is -0.302 e. The average molecular weight is 847 g/mol. The molecule has 5 aromatic carbocycles. The zero-order valence-electron chi connectivity index (χ0n) is 39.2. The number of para-hydroxylation sites is 2. The third-order valence-electron chi connectivity index (χ3n) is 16.9. The molecule has 0 bridgehead atoms. The van der Waals surface area contributed by atoms with Gasteiger partial charge in [0.15, 0.2) is 23.3 Å². The highest BCUT2D eigenvalue weighted by atomic mass is 15.5. The van der Waals surface area contributed by atoms with E-state index in [2.05, 4.69) is 192 Å². The first-order valence-corrected chi connectivity index (χ1v) is 23.4. The van der Waals surface area contributed by atoms with Crippen molar-refractivity contribution in [1.29, 1.82) is 10.8 Å². The molecule has 326 valence electrons. The predicted octanol–water partition coefficient (Wildman–Crippen LogP) is 13.5. The lowest BCUT2D eigenvalue weighted by atomic mass is 9.35. The largest absolute Gasteiger partial charge is 0.302 e. The van der Waals surface area contributed by atoms with Crippen molar-refractivity contribution in [2.24, 2.45) is 10.8 Å². The third-order valence-corrected chi connectivity index (χ3v) is 16.9. The molecular formula is C56H62N8. The Balaban J connectivity index is 1.41. The highest BCUT2D eigenvalue weighted by Gasteiger charge is 2.79. The lowest BCUT2D eigenvalue weighted by Gasteiger charge is -2.74. The number of aromatic nitrogens is 2. The second-order valence-electron chi connectivity index (χ2n) is 19.3. The van der Waals surface area contributed by atoms with Crippen LogP contribution >= 0.6 is 0 Å². The van der Waals surface area contributed by atoms with Gasteiger partial charge in [-0.05, 0) is 134 Å². The highest BCUT2D eigenvalue weighted by Crippen LogP contribution is 2.77. The molecule has 1 fully saturated rings. The van der Waals surface area contributed by atoms with Gasteiger partial charge in [-0.25, -0.2) is 9.97 Å². The van der Waals surface area contributed by atoms with Crippen LogP contribution in [0, 0.1) is 49.3 Å². The molecule has 8 nitrogen and oxygen atoms in total. The molecule has 6 aromatic rings. The summed E-state index contributed by atoms with van der Waals surface area (Å²) in [6.07, 6.45) is 6.26. The second kappa shape index (κ2) is 14.6. The first kappa shape index (κ1) is 41.7. The fraction of sp³-hybridized carbons (Fsp3) is 0.357. The Morgan fingerprint density at radius 1 is 0.500 bits per heavy atom. The van der Waals surface area contributed by atoms with Crippen molar-refractivity contribution in [2.75, 3.05) is 19.6 Å². The second-order valence-corrected chi connectivity index (χ2v) is 19.3. The number of nitrogens with one attached hydrogen (secondary N) is 2. The van der Waals surface area contributed by atoms with Crippen molar-refractivity contribution >= 4 is 46.1 Å². The highest BCUT2D eigenvalue weighted by molar-refractivity contribution is 6.50. The van der Waals surface area contributed by atoms with Gasteiger partial charge in [-0.2, -0.15) is 0 Å². The van der Waals surface area contributed by atoms with Crippen LogP contribution in [0.25, 0.3) is 11.1 Å². The molecule has 5 heterocycles. The first-order chi connectivity index (χ1) is 30.8. The Morgan fingerprint density at radius 3 is 1.62 bits per heavy atom. The molecule has 6 atom stereocenters. The van der Waals surface area contributed by atoms with Crippen LogP contribution in [0.3, 0.4) is 0 Å². The van der Waals surface area contributed by atoms with Gasteiger partial charge in [-0.1, -0.05) is 114 Å². The van der Waals surface area contributed by atoms with E-state index in [0.717, 1.165) is 60.1 Å². The van der Waals surface area contributed by atoms with Crippen molar-refractivity contribution in [3.8, 4) is 11.1 Å². The van der Waals surface area contributed by atoms with Gasteiger partial charge >= 0.3 is 0 Å². The van der Waals surface area contributed by atoms with E-state index in [4.69, 9.17) is 9.97 Å². The van der Waals surface area contributed by atoms with Crippen molar-refractivity contribution in [3.05, 3.63) is 155 Å². The van der Waals surface area contributed by atoms with E-state index in [9.17, 15) is 10.8 Å². The molecule has 0 radical (unpaired) electrons. The van der Waals surface area contributed by atoms with Gasteiger partial charge in [-0.3, -0.25) is 10.8 Å². The average Bonchev–Trinajstić information content (AvgIpc) is 3.78. The van der Waals surface area contributed by atoms with Gasteiger partial charge in [-0.15, -0.1) is 0 Å². The molecule has 1 aromatic heterocycles. The first-order valence-electron chi connectivity index (χ1n) is 23.4. The van der Waals surface area contributed by atoms with Crippen molar-refractivity contribution in [1.82, 2.24) is 9.97 Å². The number of amidine groups is 2. The molecule has 0 saturated carbocycles. The van der Waals surface area contributed by atoms with E-state index in [-0.39, 0.29) is 17.8 Å². The molecule has 64 heavy (non-hydrogen) atoms. The summed E-state index contributed by atoms with van der Waals surface area (Å²) >= 11 is 0. The number of rotatable bonds is 8. The molecule has 0 spiro atoms. The maximum Gasteiger partial charge on any atom is 0.178 e. The van der Waals surface area contributed by atoms with Crippen molar-refractivity contribution in [2.45, 2.75) is 118 Å². The standard InChI is InChI=1S/C56H62N8/c1-11-53(9)42-25-18-19-26-44(42)63-48(58)47(57)61(40-23-16-15-17-24-40)51(63)55(53,13-3)56(14-4)52-62(41-32-35(5)31-36(6)33-41)49-50(60-30-29-59-49)64(52)45-34-39(27-28-43(45)54(56,10)12-2)46-37(7)21-20-22-38(46)8/h15-34,51-52,57-58H,11-14H2,1-10H3. The Bertz CT molecular complexity index is 2830. The zero-order valence-corrected chi connectivity index (χ0v) is 39.2. The van der Waals surface area contributed by atoms with Gasteiger partial charge in [0.05, 0.1) is 0 Å². The van der Waals surface area contributed by atoms with E-state index < -0.39 is 27.8 Å². The van der Waals surface area contributed by atoms with Gasteiger partial charge in [0, 0.05) is 56.8 Å². The molecule has 1 saturated heterocycles. The summed E-state index contributed by atoms with van der Waals surface area (Å²) in [5.74, 6) is 2.16. The molecule has 10 rings (SSSR count). The number of benzene rings is 5. The molecule has 0 amide bonds. The maximum absolute atomic E-state index is 10.1. The van der Waals surface area contributed by atoms with Crippen LogP contribution in [0.1, 0.15) is 101 Å². The van der Waals surface area contributed by atoms with Crippen LogP contribution in [-0.4, -0.2) is 34.0 Å². The normalized spacial score (nSPS) is 26.7. The number of fused-ring (bicyclic) bond motifs is 8. The number of anilines is 6. The van der Waals surface area contributed by atoms with E-state index in [1.54, 1.807) is 0 Å².